The van der Waals surface area contributed by atoms with Crippen molar-refractivity contribution in [3.05, 3.63) is 65.6 Å². The number of carbonyl (C=O) groups excluding carboxylic acids is 2. The zero-order valence-electron chi connectivity index (χ0n) is 19.1. The summed E-state index contributed by atoms with van der Waals surface area (Å²) in [5.41, 5.74) is -0.176. The van der Waals surface area contributed by atoms with Crippen LogP contribution in [0.4, 0.5) is 18.9 Å². The van der Waals surface area contributed by atoms with Crippen LogP contribution in [0.1, 0.15) is 37.7 Å². The highest BCUT2D eigenvalue weighted by Gasteiger charge is 2.40. The normalized spacial score (nSPS) is 16.5. The van der Waals surface area contributed by atoms with Crippen molar-refractivity contribution >= 4 is 23.1 Å². The molecule has 7 nitrogen and oxygen atoms in total. The van der Waals surface area contributed by atoms with Gasteiger partial charge in [-0.2, -0.15) is 13.2 Å². The number of ether oxygens (including phenoxy) is 1. The predicted octanol–water partition coefficient (Wildman–Crippen LogP) is 4.44. The summed E-state index contributed by atoms with van der Waals surface area (Å²) in [4.78, 5) is 34.0. The molecule has 2 aromatic heterocycles. The molecule has 2 amide bonds. The van der Waals surface area contributed by atoms with E-state index in [9.17, 15) is 22.8 Å². The van der Waals surface area contributed by atoms with E-state index >= 15 is 0 Å². The third-order valence-electron chi connectivity index (χ3n) is 6.02. The molecule has 2 aliphatic rings. The van der Waals surface area contributed by atoms with Crippen LogP contribution in [0.3, 0.4) is 0 Å². The van der Waals surface area contributed by atoms with Crippen LogP contribution in [-0.2, 0) is 9.59 Å². The number of allylic oxidation sites excluding steroid dienone is 3. The van der Waals surface area contributed by atoms with E-state index in [4.69, 9.17) is 4.74 Å². The lowest BCUT2D eigenvalue weighted by atomic mass is 10.0. The topological polar surface area (TPSA) is 93.2 Å². The first kappa shape index (κ1) is 24.4. The Balaban J connectivity index is 1.51. The van der Waals surface area contributed by atoms with E-state index in [1.54, 1.807) is 24.3 Å². The molecule has 1 unspecified atom stereocenters. The number of alkyl halides is 3. The van der Waals surface area contributed by atoms with E-state index < -0.39 is 35.2 Å². The summed E-state index contributed by atoms with van der Waals surface area (Å²) < 4.78 is 46.3. The fraction of sp³-hybridized carbons (Fsp3) is 0.360. The van der Waals surface area contributed by atoms with Gasteiger partial charge in [0, 0.05) is 30.5 Å². The van der Waals surface area contributed by atoms with Crippen LogP contribution in [0.15, 0.2) is 60.1 Å². The number of pyridine rings is 2. The SMILES string of the molecule is COc1ccc(NC(=O)C(CCC2CC2)NC(=O)C2=C(C(F)(F)F)C=C(c3cccnc3)C2)cn1. The first-order valence-corrected chi connectivity index (χ1v) is 11.3. The molecule has 2 N–H and O–H groups in total. The van der Waals surface area contributed by atoms with Crippen molar-refractivity contribution in [2.24, 2.45) is 5.92 Å². The molecule has 184 valence electrons. The van der Waals surface area contributed by atoms with Crippen LogP contribution in [0.5, 0.6) is 5.88 Å². The highest BCUT2D eigenvalue weighted by molar-refractivity contribution is 6.04. The van der Waals surface area contributed by atoms with Crippen LogP contribution < -0.4 is 15.4 Å². The summed E-state index contributed by atoms with van der Waals surface area (Å²) in [7, 11) is 1.46. The molecule has 10 heteroatoms. The molecule has 1 saturated carbocycles. The lowest BCUT2D eigenvalue weighted by Gasteiger charge is -2.20. The molecular formula is C25H25F3N4O3. The maximum absolute atomic E-state index is 13.8. The number of rotatable bonds is 9. The Bertz CT molecular complexity index is 1140. The largest absolute Gasteiger partial charge is 0.481 e. The molecule has 2 aliphatic carbocycles. The van der Waals surface area contributed by atoms with Crippen molar-refractivity contribution in [2.45, 2.75) is 44.3 Å². The summed E-state index contributed by atoms with van der Waals surface area (Å²) in [5.74, 6) is -0.582. The standard InChI is InChI=1S/C25H25F3N4O3/c1-35-22-9-7-18(14-30-22)31-24(34)21(8-6-15-4-5-15)32-23(33)19-11-17(12-20(19)25(26,27)28)16-3-2-10-29-13-16/h2-3,7,9-10,12-15,21H,4-6,8,11H2,1H3,(H,31,34)(H,32,33). The molecule has 1 atom stereocenters. The average molecular weight is 486 g/mol. The van der Waals surface area contributed by atoms with Crippen LogP contribution in [0.2, 0.25) is 0 Å². The summed E-state index contributed by atoms with van der Waals surface area (Å²) in [6.45, 7) is 0. The van der Waals surface area contributed by atoms with Crippen LogP contribution in [0, 0.1) is 5.92 Å². The lowest BCUT2D eigenvalue weighted by molar-refractivity contribution is -0.125. The number of amides is 2. The van der Waals surface area contributed by atoms with E-state index in [1.165, 1.54) is 25.7 Å². The van der Waals surface area contributed by atoms with Crippen molar-refractivity contribution in [1.29, 1.82) is 0 Å². The van der Waals surface area contributed by atoms with Gasteiger partial charge < -0.3 is 15.4 Å². The highest BCUT2D eigenvalue weighted by Crippen LogP contribution is 2.40. The van der Waals surface area contributed by atoms with E-state index in [1.807, 2.05) is 0 Å². The summed E-state index contributed by atoms with van der Waals surface area (Å²) in [5, 5.41) is 5.23. The molecule has 1 fully saturated rings. The van der Waals surface area contributed by atoms with Crippen LogP contribution >= 0.6 is 0 Å². The minimum atomic E-state index is -4.71. The van der Waals surface area contributed by atoms with Gasteiger partial charge in [-0.05, 0) is 48.1 Å². The minimum absolute atomic E-state index is 0.203. The average Bonchev–Trinajstić information content (AvgIpc) is 3.56. The van der Waals surface area contributed by atoms with Crippen molar-refractivity contribution in [3.63, 3.8) is 0 Å². The second-order valence-electron chi connectivity index (χ2n) is 8.60. The van der Waals surface area contributed by atoms with E-state index in [0.717, 1.165) is 18.9 Å². The molecule has 35 heavy (non-hydrogen) atoms. The van der Waals surface area contributed by atoms with Gasteiger partial charge in [-0.25, -0.2) is 4.98 Å². The predicted molar refractivity (Wildman–Crippen MR) is 123 cm³/mol. The van der Waals surface area contributed by atoms with Crippen molar-refractivity contribution in [3.8, 4) is 5.88 Å². The van der Waals surface area contributed by atoms with Gasteiger partial charge in [0.25, 0.3) is 0 Å². The minimum Gasteiger partial charge on any atom is -0.481 e. The maximum Gasteiger partial charge on any atom is 0.416 e. The van der Waals surface area contributed by atoms with Gasteiger partial charge in [0.2, 0.25) is 17.7 Å². The Morgan fingerprint density at radius 3 is 2.60 bits per heavy atom. The van der Waals surface area contributed by atoms with Crippen molar-refractivity contribution < 1.29 is 27.5 Å². The Morgan fingerprint density at radius 1 is 1.20 bits per heavy atom. The third-order valence-corrected chi connectivity index (χ3v) is 6.02. The molecule has 2 aromatic rings. The zero-order chi connectivity index (χ0) is 25.0. The molecule has 0 bridgehead atoms. The number of anilines is 1. The number of nitrogens with zero attached hydrogens (tertiary/aromatic N) is 2. The number of nitrogens with one attached hydrogen (secondary N) is 2. The Morgan fingerprint density at radius 2 is 2.00 bits per heavy atom. The second-order valence-corrected chi connectivity index (χ2v) is 8.60. The molecule has 4 rings (SSSR count). The summed E-state index contributed by atoms with van der Waals surface area (Å²) in [6, 6.07) is 5.43. The van der Waals surface area contributed by atoms with Gasteiger partial charge in [-0.15, -0.1) is 0 Å². The van der Waals surface area contributed by atoms with E-state index in [2.05, 4.69) is 20.6 Å². The quantitative estimate of drug-likeness (QED) is 0.547. The lowest BCUT2D eigenvalue weighted by Crippen LogP contribution is -2.44. The highest BCUT2D eigenvalue weighted by atomic mass is 19.4. The molecule has 0 aromatic carbocycles. The second kappa shape index (κ2) is 10.3. The van der Waals surface area contributed by atoms with Gasteiger partial charge in [0.1, 0.15) is 6.04 Å². The first-order chi connectivity index (χ1) is 16.7. The van der Waals surface area contributed by atoms with Crippen molar-refractivity contribution in [2.75, 3.05) is 12.4 Å². The molecule has 0 aliphatic heterocycles. The number of hydrogen-bond acceptors (Lipinski definition) is 5. The molecule has 2 heterocycles. The maximum atomic E-state index is 13.8. The fourth-order valence-corrected chi connectivity index (χ4v) is 3.92. The number of methoxy groups -OCH3 is 1. The summed E-state index contributed by atoms with van der Waals surface area (Å²) >= 11 is 0. The van der Waals surface area contributed by atoms with E-state index in [-0.39, 0.29) is 6.42 Å². The number of aromatic nitrogens is 2. The fourth-order valence-electron chi connectivity index (χ4n) is 3.92. The van der Waals surface area contributed by atoms with Crippen LogP contribution in [0.25, 0.3) is 5.57 Å². The first-order valence-electron chi connectivity index (χ1n) is 11.3. The Hall–Kier alpha value is -3.69. The summed E-state index contributed by atoms with van der Waals surface area (Å²) in [6.07, 6.45) is 3.56. The zero-order valence-corrected chi connectivity index (χ0v) is 19.1. The molecule has 0 saturated heterocycles. The molecule has 0 radical (unpaired) electrons. The Labute approximate surface area is 200 Å². The molecule has 0 spiro atoms. The molecular weight excluding hydrogens is 461 g/mol. The van der Waals surface area contributed by atoms with Gasteiger partial charge in [-0.3, -0.25) is 14.6 Å². The smallest absolute Gasteiger partial charge is 0.416 e. The Kier molecular flexibility index (Phi) is 7.18. The monoisotopic (exact) mass is 486 g/mol. The van der Waals surface area contributed by atoms with Gasteiger partial charge >= 0.3 is 6.18 Å². The van der Waals surface area contributed by atoms with Crippen molar-refractivity contribution in [1.82, 2.24) is 15.3 Å². The van der Waals surface area contributed by atoms with Gasteiger partial charge in [-0.1, -0.05) is 18.9 Å². The van der Waals surface area contributed by atoms with Crippen LogP contribution in [-0.4, -0.2) is 41.1 Å². The number of carbonyl (C=O) groups is 2. The number of halogens is 3. The van der Waals surface area contributed by atoms with Gasteiger partial charge in [0.15, 0.2) is 0 Å². The third kappa shape index (κ3) is 6.26. The van der Waals surface area contributed by atoms with E-state index in [0.29, 0.717) is 41.5 Å². The number of hydrogen-bond donors (Lipinski definition) is 2. The van der Waals surface area contributed by atoms with Gasteiger partial charge in [0.05, 0.1) is 24.6 Å².